The molecule has 0 radical (unpaired) electrons. The molecule has 0 fully saturated rings. The van der Waals surface area contributed by atoms with Gasteiger partial charge in [-0.1, -0.05) is 214 Å². The number of pyridine rings is 2. The van der Waals surface area contributed by atoms with Gasteiger partial charge in [0.2, 0.25) is 11.4 Å². The summed E-state index contributed by atoms with van der Waals surface area (Å²) in [6, 6.07) is 75.8. The SMILES string of the molecule is [2H]C(C)(C)c1ccccc1-n1c2c(c3ccccc31)CC1N2C=CN1C([2H])([2H])[2H].[2H]C([2H])([2H])C([2H])(C)c1ccccc1-n1ccc2c1-c1cccc[n+]1C2.[2H]C([2H])([2H])N1C=CN2c3c(c4ccccc4n3-c3c(C(C)C)cccc3C(C)C)CC21.[2H]C([2H])([2H])N1C=CN2c3c(c4ccccc4n3-c3ccccc3C(C)C)CC21.[2H]C([2H])([2H])c1cc(C)cc(C)c1-n1ccc2c1-c1cccc[n+]1C2. The Bertz CT molecular complexity index is 7290. The molecule has 23 rings (SSSR count). The Morgan fingerprint density at radius 1 is 0.367 bits per heavy atom. The lowest BCUT2D eigenvalue weighted by molar-refractivity contribution is -0.672. The van der Waals surface area contributed by atoms with Crippen LogP contribution in [-0.4, -0.2) is 77.0 Å². The van der Waals surface area contributed by atoms with Crippen molar-refractivity contribution >= 4 is 50.2 Å². The number of hydrogen-bond acceptors (Lipinski definition) is 6. The first-order chi connectivity index (χ1) is 64.9. The molecule has 8 aromatic carbocycles. The Kier molecular flexibility index (Phi) is 15.4. The second-order valence-corrected chi connectivity index (χ2v) is 33.8. The van der Waals surface area contributed by atoms with Crippen molar-refractivity contribution in [3.63, 3.8) is 0 Å². The molecule has 13 nitrogen and oxygen atoms in total. The van der Waals surface area contributed by atoms with Gasteiger partial charge in [-0.25, -0.2) is 0 Å². The Labute approximate surface area is 732 Å². The molecule has 604 valence electrons. The first-order valence-corrected chi connectivity index (χ1v) is 42.0. The standard InChI is InChI=1S/C25H29N3.2C22H23N3.2C19H19N2/c1-16(2)18-10-8-11-19(17(3)4)24(18)28-22-12-7-6-9-20(22)21-15-23-26(5)13-14-27(23)25(21)28;2*1-15(2)16-8-4-6-10-19(16)25-20-11-7-5-9-17(20)18-14-21-23(3)12-13-24(21)22(18)25;1-13-10-14(2)18(15(3)11-13)21-9-7-16-12-20-8-5-4-6-17(20)19(16)21;1-14(2)16-7-3-4-8-17(16)21-12-10-15-13-20-11-6-5-9-18(20)19(15)21/h6-14,16-17,23H,15H2,1-5H3;2*4-13,15,21H,14H2,1-3H3;4-11H,12H2,1-3H3;3-12,14H,13H2,1-2H3/q;;;2*+1/i5D3;3D3,15D;3D3;2D3;1D3,14D. The van der Waals surface area contributed by atoms with Crippen LogP contribution in [0.2, 0.25) is 0 Å². The maximum atomic E-state index is 8.66. The van der Waals surface area contributed by atoms with E-state index in [4.69, 9.17) is 23.3 Å². The van der Waals surface area contributed by atoms with Crippen LogP contribution < -0.4 is 23.8 Å². The fourth-order valence-corrected chi connectivity index (χ4v) is 19.7. The number of benzene rings is 8. The number of anilines is 3. The second-order valence-electron chi connectivity index (χ2n) is 33.8. The molecule has 0 spiro atoms. The van der Waals surface area contributed by atoms with Crippen molar-refractivity contribution in [2.75, 3.05) is 35.6 Å². The lowest BCUT2D eigenvalue weighted by Crippen LogP contribution is -2.34. The largest absolute Gasteiger partial charge is 0.358 e. The highest BCUT2D eigenvalue weighted by atomic mass is 15.4. The van der Waals surface area contributed by atoms with Gasteiger partial charge in [-0.15, -0.1) is 0 Å². The van der Waals surface area contributed by atoms with E-state index in [1.165, 1.54) is 88.1 Å². The van der Waals surface area contributed by atoms with E-state index in [-0.39, 0.29) is 18.5 Å². The van der Waals surface area contributed by atoms with Crippen molar-refractivity contribution in [3.05, 3.63) is 359 Å². The number of likely N-dealkylation sites (N-methyl/N-ethyl adjacent to an activating group) is 3. The highest BCUT2D eigenvalue weighted by Crippen LogP contribution is 2.51. The maximum absolute atomic E-state index is 8.66. The molecule has 0 aliphatic carbocycles. The molecule has 0 bridgehead atoms. The van der Waals surface area contributed by atoms with E-state index in [0.717, 1.165) is 109 Å². The minimum atomic E-state index is -2.41. The second kappa shape index (κ2) is 30.9. The van der Waals surface area contributed by atoms with Crippen molar-refractivity contribution < 1.29 is 32.4 Å². The Balaban J connectivity index is 0.000000110. The number of nitrogens with zero attached hydrogens (tertiary/aromatic N) is 13. The average Bonchev–Trinajstić information content (AvgIpc) is 1.55. The van der Waals surface area contributed by atoms with E-state index < -0.39 is 46.4 Å². The van der Waals surface area contributed by atoms with Crippen molar-refractivity contribution in [1.82, 2.24) is 37.5 Å². The van der Waals surface area contributed by atoms with Gasteiger partial charge in [-0.2, -0.15) is 9.13 Å². The molecule has 8 aliphatic rings. The lowest BCUT2D eigenvalue weighted by Gasteiger charge is -2.28. The molecule has 15 aromatic rings. The third-order valence-electron chi connectivity index (χ3n) is 25.1. The van der Waals surface area contributed by atoms with Crippen LogP contribution in [0.25, 0.3) is 83.9 Å². The highest BCUT2D eigenvalue weighted by molar-refractivity contribution is 5.97. The van der Waals surface area contributed by atoms with Gasteiger partial charge in [0.1, 0.15) is 47.3 Å². The van der Waals surface area contributed by atoms with Crippen molar-refractivity contribution in [2.24, 2.45) is 0 Å². The molecule has 0 saturated carbocycles. The molecule has 15 heterocycles. The van der Waals surface area contributed by atoms with Crippen LogP contribution in [0.3, 0.4) is 0 Å². The van der Waals surface area contributed by atoms with Crippen LogP contribution in [0, 0.1) is 20.7 Å². The first kappa shape index (κ1) is 59.8. The summed E-state index contributed by atoms with van der Waals surface area (Å²) in [6.07, 6.45) is 20.3. The van der Waals surface area contributed by atoms with Gasteiger partial charge in [0.05, 0.1) is 39.3 Å². The van der Waals surface area contributed by atoms with Crippen LogP contribution >= 0.6 is 0 Å². The third kappa shape index (κ3) is 12.9. The number of hydrogen-bond donors (Lipinski definition) is 0. The van der Waals surface area contributed by atoms with E-state index in [1.54, 1.807) is 36.8 Å². The quantitative estimate of drug-likeness (QED) is 0.127. The average molecular weight is 1600 g/mol. The molecule has 4 unspecified atom stereocenters. The zero-order chi connectivity index (χ0) is 97.1. The minimum Gasteiger partial charge on any atom is -0.358 e. The highest BCUT2D eigenvalue weighted by Gasteiger charge is 2.43. The monoisotopic (exact) mass is 1600 g/mol. The smallest absolute Gasteiger partial charge is 0.230 e. The summed E-state index contributed by atoms with van der Waals surface area (Å²) < 4.78 is 151. The van der Waals surface area contributed by atoms with Crippen LogP contribution in [0.4, 0.5) is 17.5 Å². The van der Waals surface area contributed by atoms with Crippen molar-refractivity contribution in [2.45, 2.75) is 170 Å². The molecule has 8 aliphatic heterocycles. The number of fused-ring (bicyclic) bond motifs is 21. The van der Waals surface area contributed by atoms with Crippen LogP contribution in [-0.2, 0) is 32.4 Å². The number of rotatable bonds is 10. The number of aromatic nitrogens is 7. The Morgan fingerprint density at radius 3 is 1.23 bits per heavy atom. The summed E-state index contributed by atoms with van der Waals surface area (Å²) in [4.78, 5) is 10.8. The summed E-state index contributed by atoms with van der Waals surface area (Å²) >= 11 is 0. The molecule has 7 aromatic heterocycles. The predicted molar refractivity (Wildman–Crippen MR) is 496 cm³/mol. The van der Waals surface area contributed by atoms with Crippen molar-refractivity contribution in [1.29, 1.82) is 0 Å². The van der Waals surface area contributed by atoms with Crippen LogP contribution in [0.1, 0.15) is 194 Å². The Hall–Kier alpha value is -12.7. The first-order valence-electron chi connectivity index (χ1n) is 50.5. The summed E-state index contributed by atoms with van der Waals surface area (Å²) in [7, 11) is 0. The minimum absolute atomic E-state index is 0.195. The number of para-hydroxylation sites is 7. The predicted octanol–water partition coefficient (Wildman–Crippen LogP) is 23.3. The van der Waals surface area contributed by atoms with E-state index in [0.29, 0.717) is 48.1 Å². The zero-order valence-electron chi connectivity index (χ0n) is 86.9. The van der Waals surface area contributed by atoms with E-state index in [2.05, 4.69) is 213 Å². The fourth-order valence-electron chi connectivity index (χ4n) is 19.7. The van der Waals surface area contributed by atoms with Gasteiger partial charge >= 0.3 is 0 Å². The van der Waals surface area contributed by atoms with Gasteiger partial charge < -0.3 is 38.5 Å². The van der Waals surface area contributed by atoms with Crippen LogP contribution in [0.15, 0.2) is 286 Å². The topological polar surface area (TPSA) is 51.9 Å². The molecule has 0 N–H and O–H groups in total. The summed E-state index contributed by atoms with van der Waals surface area (Å²) in [5, 5.41) is 3.54. The van der Waals surface area contributed by atoms with Gasteiger partial charge in [-0.05, 0) is 150 Å². The van der Waals surface area contributed by atoms with Crippen molar-refractivity contribution in [3.8, 4) is 51.2 Å². The summed E-state index contributed by atoms with van der Waals surface area (Å²) in [5.74, 6) is 1.86. The van der Waals surface area contributed by atoms with Gasteiger partial charge in [0.25, 0.3) is 0 Å². The zero-order valence-corrected chi connectivity index (χ0v) is 69.9. The van der Waals surface area contributed by atoms with Gasteiger partial charge in [-0.3, -0.25) is 13.7 Å². The molecule has 120 heavy (non-hydrogen) atoms. The molecule has 4 atom stereocenters. The van der Waals surface area contributed by atoms with E-state index in [1.807, 2.05) is 153 Å². The lowest BCUT2D eigenvalue weighted by atomic mass is 9.92. The molecule has 0 saturated heterocycles. The van der Waals surface area contributed by atoms with Crippen LogP contribution in [0.5, 0.6) is 0 Å². The normalized spacial score (nSPS) is 19.4. The summed E-state index contributed by atoms with van der Waals surface area (Å²) in [6.45, 7) is 13.2. The van der Waals surface area contributed by atoms with Gasteiger partial charge in [0.15, 0.2) is 25.5 Å². The van der Waals surface area contributed by atoms with Gasteiger partial charge in [0, 0.05) is 187 Å². The Morgan fingerprint density at radius 2 is 0.758 bits per heavy atom. The van der Waals surface area contributed by atoms with E-state index >= 15 is 0 Å². The summed E-state index contributed by atoms with van der Waals surface area (Å²) in [5.41, 5.74) is 26.4. The molecular weight excluding hydrogens is 1470 g/mol. The molecular formula is C107H113N13+2. The third-order valence-corrected chi connectivity index (χ3v) is 25.1. The molecule has 0 amide bonds. The number of aryl methyl sites for hydroxylation is 3. The molecule has 13 heteroatoms. The maximum Gasteiger partial charge on any atom is 0.230 e. The fraction of sp³-hybridized carbons (Fsp3) is 0.271. The van der Waals surface area contributed by atoms with E-state index in [9.17, 15) is 0 Å².